The minimum atomic E-state index is -0.297. The molecule has 2 rings (SSSR count). The molecule has 1 aromatic rings. The van der Waals surface area contributed by atoms with Gasteiger partial charge in [-0.2, -0.15) is 0 Å². The fraction of sp³-hybridized carbons (Fsp3) is 0.643. The summed E-state index contributed by atoms with van der Waals surface area (Å²) in [6.45, 7) is 3.29. The third-order valence-electron chi connectivity index (χ3n) is 3.54. The number of methoxy groups -OCH3 is 1. The molecule has 1 saturated heterocycles. The van der Waals surface area contributed by atoms with Crippen LogP contribution in [0.2, 0.25) is 0 Å². The van der Waals surface area contributed by atoms with Gasteiger partial charge in [-0.3, -0.25) is 4.79 Å². The van der Waals surface area contributed by atoms with Crippen molar-refractivity contribution in [3.8, 4) is 0 Å². The molecule has 116 valence electrons. The summed E-state index contributed by atoms with van der Waals surface area (Å²) in [7, 11) is 1.38. The van der Waals surface area contributed by atoms with Crippen LogP contribution in [-0.4, -0.2) is 48.1 Å². The highest BCUT2D eigenvalue weighted by Gasteiger charge is 2.24. The fourth-order valence-corrected chi connectivity index (χ4v) is 3.12. The lowest BCUT2D eigenvalue weighted by Crippen LogP contribution is -2.46. The molecule has 0 bridgehead atoms. The lowest BCUT2D eigenvalue weighted by atomic mass is 10.1. The van der Waals surface area contributed by atoms with Crippen LogP contribution < -0.4 is 5.32 Å². The van der Waals surface area contributed by atoms with E-state index in [0.29, 0.717) is 19.5 Å². The largest absolute Gasteiger partial charge is 0.453 e. The highest BCUT2D eigenvalue weighted by atomic mass is 32.1. The van der Waals surface area contributed by atoms with Crippen molar-refractivity contribution in [3.05, 3.63) is 16.1 Å². The van der Waals surface area contributed by atoms with Gasteiger partial charge in [0.05, 0.1) is 24.2 Å². The first-order valence-corrected chi connectivity index (χ1v) is 8.05. The second kappa shape index (κ2) is 7.40. The van der Waals surface area contributed by atoms with Gasteiger partial charge in [0.15, 0.2) is 0 Å². The van der Waals surface area contributed by atoms with Crippen molar-refractivity contribution in [1.29, 1.82) is 0 Å². The van der Waals surface area contributed by atoms with E-state index in [1.54, 1.807) is 16.2 Å². The van der Waals surface area contributed by atoms with Gasteiger partial charge in [0.25, 0.3) is 0 Å². The van der Waals surface area contributed by atoms with E-state index >= 15 is 0 Å². The topological polar surface area (TPSA) is 71.5 Å². The summed E-state index contributed by atoms with van der Waals surface area (Å²) in [6, 6.07) is 0.127. The Labute approximate surface area is 128 Å². The number of hydrogen-bond donors (Lipinski definition) is 1. The van der Waals surface area contributed by atoms with E-state index in [4.69, 9.17) is 4.74 Å². The molecule has 6 nitrogen and oxygen atoms in total. The fourth-order valence-electron chi connectivity index (χ4n) is 2.37. The average Bonchev–Trinajstić information content (AvgIpc) is 2.94. The van der Waals surface area contributed by atoms with Crippen LogP contribution in [0.5, 0.6) is 0 Å². The van der Waals surface area contributed by atoms with E-state index in [2.05, 4.69) is 17.2 Å². The first kappa shape index (κ1) is 15.8. The maximum absolute atomic E-state index is 12.0. The Morgan fingerprint density at radius 2 is 2.19 bits per heavy atom. The molecule has 0 saturated carbocycles. The molecule has 0 atom stereocenters. The Hall–Kier alpha value is -1.63. The maximum Gasteiger partial charge on any atom is 0.409 e. The number of likely N-dealkylation sites (tertiary alicyclic amines) is 1. The molecule has 1 aliphatic heterocycles. The second-order valence-corrected chi connectivity index (χ2v) is 6.00. The summed E-state index contributed by atoms with van der Waals surface area (Å²) in [6.07, 6.45) is 2.46. The standard InChI is InChI=1S/C14H21N3O3S/c1-3-13-16-11(9-21-13)8-12(18)15-10-4-6-17(7-5-10)14(19)20-2/h9-10H,3-8H2,1-2H3,(H,15,18). The van der Waals surface area contributed by atoms with Crippen molar-refractivity contribution in [2.75, 3.05) is 20.2 Å². The minimum absolute atomic E-state index is 0.000490. The van der Waals surface area contributed by atoms with Gasteiger partial charge in [-0.15, -0.1) is 11.3 Å². The quantitative estimate of drug-likeness (QED) is 0.916. The molecule has 0 spiro atoms. The number of carbonyl (C=O) groups excluding carboxylic acids is 2. The number of carbonyl (C=O) groups is 2. The number of nitrogens with zero attached hydrogens (tertiary/aromatic N) is 2. The number of amides is 2. The Bertz CT molecular complexity index is 495. The van der Waals surface area contributed by atoms with Crippen LogP contribution in [0.3, 0.4) is 0 Å². The number of hydrogen-bond acceptors (Lipinski definition) is 5. The minimum Gasteiger partial charge on any atom is -0.453 e. The smallest absolute Gasteiger partial charge is 0.409 e. The van der Waals surface area contributed by atoms with Crippen molar-refractivity contribution in [3.63, 3.8) is 0 Å². The number of ether oxygens (including phenoxy) is 1. The first-order valence-electron chi connectivity index (χ1n) is 7.18. The molecule has 0 unspecified atom stereocenters. The Kier molecular flexibility index (Phi) is 5.55. The molecule has 1 fully saturated rings. The molecule has 0 aliphatic carbocycles. The molecule has 1 aromatic heterocycles. The summed E-state index contributed by atoms with van der Waals surface area (Å²) in [5, 5.41) is 6.02. The number of nitrogens with one attached hydrogen (secondary N) is 1. The number of thiazole rings is 1. The van der Waals surface area contributed by atoms with Crippen LogP contribution in [-0.2, 0) is 22.4 Å². The van der Waals surface area contributed by atoms with Gasteiger partial charge in [0.2, 0.25) is 5.91 Å². The summed E-state index contributed by atoms with van der Waals surface area (Å²) < 4.78 is 4.69. The van der Waals surface area contributed by atoms with Crippen molar-refractivity contribution < 1.29 is 14.3 Å². The van der Waals surface area contributed by atoms with Crippen LogP contribution in [0.25, 0.3) is 0 Å². The summed E-state index contributed by atoms with van der Waals surface area (Å²) in [4.78, 5) is 29.4. The summed E-state index contributed by atoms with van der Waals surface area (Å²) in [5.41, 5.74) is 0.835. The highest BCUT2D eigenvalue weighted by Crippen LogP contribution is 2.13. The van der Waals surface area contributed by atoms with Gasteiger partial charge in [0.1, 0.15) is 0 Å². The van der Waals surface area contributed by atoms with E-state index in [9.17, 15) is 9.59 Å². The molecule has 0 aromatic carbocycles. The first-order chi connectivity index (χ1) is 10.1. The molecule has 2 amide bonds. The number of aryl methyl sites for hydroxylation is 1. The lowest BCUT2D eigenvalue weighted by molar-refractivity contribution is -0.121. The second-order valence-electron chi connectivity index (χ2n) is 5.06. The van der Waals surface area contributed by atoms with E-state index in [-0.39, 0.29) is 18.0 Å². The highest BCUT2D eigenvalue weighted by molar-refractivity contribution is 7.09. The third kappa shape index (κ3) is 4.42. The predicted octanol–water partition coefficient (Wildman–Crippen LogP) is 1.60. The van der Waals surface area contributed by atoms with E-state index < -0.39 is 0 Å². The summed E-state index contributed by atoms with van der Waals surface area (Å²) in [5.74, 6) is -0.000490. The zero-order valence-electron chi connectivity index (χ0n) is 12.4. The Morgan fingerprint density at radius 3 is 2.76 bits per heavy atom. The van der Waals surface area contributed by atoms with Gasteiger partial charge in [-0.1, -0.05) is 6.92 Å². The zero-order valence-corrected chi connectivity index (χ0v) is 13.2. The van der Waals surface area contributed by atoms with Gasteiger partial charge < -0.3 is 15.0 Å². The molecule has 0 radical (unpaired) electrons. The number of aromatic nitrogens is 1. The molecule has 1 N–H and O–H groups in total. The average molecular weight is 311 g/mol. The van der Waals surface area contributed by atoms with Gasteiger partial charge in [0, 0.05) is 24.5 Å². The molecule has 7 heteroatoms. The zero-order chi connectivity index (χ0) is 15.2. The number of rotatable bonds is 4. The Morgan fingerprint density at radius 1 is 1.48 bits per heavy atom. The van der Waals surface area contributed by atoms with Crippen LogP contribution in [0.1, 0.15) is 30.5 Å². The van der Waals surface area contributed by atoms with Crippen LogP contribution >= 0.6 is 11.3 Å². The number of piperidine rings is 1. The van der Waals surface area contributed by atoms with Gasteiger partial charge in [-0.05, 0) is 19.3 Å². The van der Waals surface area contributed by atoms with Gasteiger partial charge in [-0.25, -0.2) is 9.78 Å². The Balaban J connectivity index is 1.75. The maximum atomic E-state index is 12.0. The molecule has 2 heterocycles. The monoisotopic (exact) mass is 311 g/mol. The molecule has 21 heavy (non-hydrogen) atoms. The van der Waals surface area contributed by atoms with E-state index in [0.717, 1.165) is 30.0 Å². The van der Waals surface area contributed by atoms with E-state index in [1.807, 2.05) is 5.38 Å². The van der Waals surface area contributed by atoms with Crippen molar-refractivity contribution >= 4 is 23.3 Å². The normalized spacial score (nSPS) is 15.8. The van der Waals surface area contributed by atoms with Crippen LogP contribution in [0, 0.1) is 0 Å². The van der Waals surface area contributed by atoms with Gasteiger partial charge >= 0.3 is 6.09 Å². The van der Waals surface area contributed by atoms with Crippen molar-refractivity contribution in [2.45, 2.75) is 38.6 Å². The van der Waals surface area contributed by atoms with E-state index in [1.165, 1.54) is 7.11 Å². The van der Waals surface area contributed by atoms with Crippen molar-refractivity contribution in [2.24, 2.45) is 0 Å². The summed E-state index contributed by atoms with van der Waals surface area (Å²) >= 11 is 1.59. The predicted molar refractivity (Wildman–Crippen MR) is 80.3 cm³/mol. The molecule has 1 aliphatic rings. The molecular formula is C14H21N3O3S. The van der Waals surface area contributed by atoms with Crippen LogP contribution in [0.15, 0.2) is 5.38 Å². The lowest BCUT2D eigenvalue weighted by Gasteiger charge is -2.31. The third-order valence-corrected chi connectivity index (χ3v) is 4.58. The molecular weight excluding hydrogens is 290 g/mol. The van der Waals surface area contributed by atoms with Crippen LogP contribution in [0.4, 0.5) is 4.79 Å². The SMILES string of the molecule is CCc1nc(CC(=O)NC2CCN(C(=O)OC)CC2)cs1. The van der Waals surface area contributed by atoms with Crippen molar-refractivity contribution in [1.82, 2.24) is 15.2 Å².